The summed E-state index contributed by atoms with van der Waals surface area (Å²) in [6.07, 6.45) is 1.46. The predicted octanol–water partition coefficient (Wildman–Crippen LogP) is 2.06. The summed E-state index contributed by atoms with van der Waals surface area (Å²) in [4.78, 5) is 25.7. The maximum absolute atomic E-state index is 12.3. The molecule has 0 fully saturated rings. The average Bonchev–Trinajstić information content (AvgIpc) is 2.59. The largest absolute Gasteiger partial charge is 0.388 e. The topological polar surface area (TPSA) is 62.5 Å². The van der Waals surface area contributed by atoms with E-state index in [1.54, 1.807) is 19.3 Å². The number of hydrogen-bond donors (Lipinski definition) is 1. The highest BCUT2D eigenvalue weighted by molar-refractivity contribution is 5.93. The molecule has 0 radical (unpaired) electrons. The summed E-state index contributed by atoms with van der Waals surface area (Å²) in [5.74, 6) is -0.217. The molecule has 0 saturated heterocycles. The molecule has 1 amide bonds. The van der Waals surface area contributed by atoms with Gasteiger partial charge in [-0.2, -0.15) is 0 Å². The summed E-state index contributed by atoms with van der Waals surface area (Å²) in [7, 11) is 1.67. The molecule has 0 aliphatic rings. The third kappa shape index (κ3) is 4.29. The van der Waals surface area contributed by atoms with Gasteiger partial charge in [-0.3, -0.25) is 9.59 Å². The van der Waals surface area contributed by atoms with E-state index in [4.69, 9.17) is 0 Å². The molecule has 2 aromatic rings. The van der Waals surface area contributed by atoms with E-state index in [9.17, 15) is 14.7 Å². The van der Waals surface area contributed by atoms with Crippen molar-refractivity contribution >= 4 is 5.91 Å². The Morgan fingerprint density at radius 2 is 1.96 bits per heavy atom. The molecule has 0 saturated carbocycles. The maximum atomic E-state index is 12.3. The lowest BCUT2D eigenvalue weighted by molar-refractivity contribution is 0.0761. The summed E-state index contributed by atoms with van der Waals surface area (Å²) in [6, 6.07) is 12.4. The van der Waals surface area contributed by atoms with Crippen molar-refractivity contribution in [1.29, 1.82) is 0 Å². The number of hydrogen-bond acceptors (Lipinski definition) is 3. The molecule has 122 valence electrons. The SMILES string of the molecule is CCn1ccc(C(=O)N(C)CC[C@@H](O)c2ccccc2)cc1=O. The normalized spacial score (nSPS) is 12.0. The van der Waals surface area contributed by atoms with E-state index in [1.807, 2.05) is 37.3 Å². The van der Waals surface area contributed by atoms with E-state index < -0.39 is 6.10 Å². The number of carbonyl (C=O) groups is 1. The van der Waals surface area contributed by atoms with Crippen LogP contribution in [-0.4, -0.2) is 34.1 Å². The molecule has 1 heterocycles. The smallest absolute Gasteiger partial charge is 0.253 e. The number of amides is 1. The Kier molecular flexibility index (Phi) is 5.71. The van der Waals surface area contributed by atoms with Gasteiger partial charge in [0.2, 0.25) is 0 Å². The lowest BCUT2D eigenvalue weighted by Crippen LogP contribution is -2.30. The zero-order valence-electron chi connectivity index (χ0n) is 13.5. The Hall–Kier alpha value is -2.40. The highest BCUT2D eigenvalue weighted by atomic mass is 16.3. The number of benzene rings is 1. The van der Waals surface area contributed by atoms with E-state index in [2.05, 4.69) is 0 Å². The average molecular weight is 314 g/mol. The molecule has 0 aliphatic carbocycles. The van der Waals surface area contributed by atoms with Crippen LogP contribution in [0.1, 0.15) is 35.4 Å². The predicted molar refractivity (Wildman–Crippen MR) is 89.4 cm³/mol. The van der Waals surface area contributed by atoms with Crippen molar-refractivity contribution in [3.63, 3.8) is 0 Å². The van der Waals surface area contributed by atoms with Crippen molar-refractivity contribution in [1.82, 2.24) is 9.47 Å². The molecule has 23 heavy (non-hydrogen) atoms. The molecule has 5 heteroatoms. The Morgan fingerprint density at radius 3 is 2.57 bits per heavy atom. The van der Waals surface area contributed by atoms with Gasteiger partial charge >= 0.3 is 0 Å². The van der Waals surface area contributed by atoms with Gasteiger partial charge in [-0.05, 0) is 25.0 Å². The van der Waals surface area contributed by atoms with Crippen LogP contribution < -0.4 is 5.56 Å². The van der Waals surface area contributed by atoms with Crippen LogP contribution in [0.15, 0.2) is 53.5 Å². The third-order valence-electron chi connectivity index (χ3n) is 3.85. The van der Waals surface area contributed by atoms with Gasteiger partial charge in [0.25, 0.3) is 11.5 Å². The minimum Gasteiger partial charge on any atom is -0.388 e. The van der Waals surface area contributed by atoms with Crippen molar-refractivity contribution in [2.24, 2.45) is 0 Å². The first kappa shape index (κ1) is 17.0. The van der Waals surface area contributed by atoms with E-state index in [-0.39, 0.29) is 11.5 Å². The Labute approximate surface area is 135 Å². The molecule has 0 aliphatic heterocycles. The molecule has 5 nitrogen and oxygen atoms in total. The van der Waals surface area contributed by atoms with Crippen LogP contribution in [0.4, 0.5) is 0 Å². The highest BCUT2D eigenvalue weighted by Gasteiger charge is 2.15. The summed E-state index contributed by atoms with van der Waals surface area (Å²) in [5, 5.41) is 10.1. The Morgan fingerprint density at radius 1 is 1.26 bits per heavy atom. The van der Waals surface area contributed by atoms with Gasteiger partial charge in [-0.25, -0.2) is 0 Å². The van der Waals surface area contributed by atoms with E-state index >= 15 is 0 Å². The van der Waals surface area contributed by atoms with Gasteiger partial charge in [0.05, 0.1) is 6.10 Å². The maximum Gasteiger partial charge on any atom is 0.253 e. The Bertz CT molecular complexity index is 710. The molecule has 0 bridgehead atoms. The summed E-state index contributed by atoms with van der Waals surface area (Å²) in [6.45, 7) is 2.86. The molecule has 0 spiro atoms. The molecular formula is C18H22N2O3. The Balaban J connectivity index is 1.97. The van der Waals surface area contributed by atoms with Crippen LogP contribution in [0.3, 0.4) is 0 Å². The standard InChI is InChI=1S/C18H22N2O3/c1-3-20-12-9-15(13-17(20)22)18(23)19(2)11-10-16(21)14-7-5-4-6-8-14/h4-9,12-13,16,21H,3,10-11H2,1-2H3/t16-/m1/s1. The molecular weight excluding hydrogens is 292 g/mol. The van der Waals surface area contributed by atoms with Crippen molar-refractivity contribution in [3.05, 3.63) is 70.1 Å². The first-order valence-corrected chi connectivity index (χ1v) is 7.72. The third-order valence-corrected chi connectivity index (χ3v) is 3.85. The van der Waals surface area contributed by atoms with Crippen LogP contribution in [0.5, 0.6) is 0 Å². The van der Waals surface area contributed by atoms with Gasteiger partial charge in [0.15, 0.2) is 0 Å². The van der Waals surface area contributed by atoms with Crippen molar-refractivity contribution < 1.29 is 9.90 Å². The van der Waals surface area contributed by atoms with Crippen LogP contribution in [0.2, 0.25) is 0 Å². The number of rotatable bonds is 6. The van der Waals surface area contributed by atoms with Crippen LogP contribution >= 0.6 is 0 Å². The van der Waals surface area contributed by atoms with E-state index in [0.29, 0.717) is 25.1 Å². The highest BCUT2D eigenvalue weighted by Crippen LogP contribution is 2.16. The lowest BCUT2D eigenvalue weighted by atomic mass is 10.1. The van der Waals surface area contributed by atoms with Crippen LogP contribution in [0.25, 0.3) is 0 Å². The molecule has 1 atom stereocenters. The minimum atomic E-state index is -0.612. The molecule has 1 aromatic heterocycles. The summed E-state index contributed by atoms with van der Waals surface area (Å²) >= 11 is 0. The monoisotopic (exact) mass is 314 g/mol. The fraction of sp³-hybridized carbons (Fsp3) is 0.333. The van der Waals surface area contributed by atoms with Gasteiger partial charge in [0.1, 0.15) is 0 Å². The molecule has 0 unspecified atom stereocenters. The van der Waals surface area contributed by atoms with Crippen LogP contribution in [0, 0.1) is 0 Å². The van der Waals surface area contributed by atoms with E-state index in [1.165, 1.54) is 15.5 Å². The van der Waals surface area contributed by atoms with Crippen molar-refractivity contribution in [2.75, 3.05) is 13.6 Å². The number of aromatic nitrogens is 1. The fourth-order valence-corrected chi connectivity index (χ4v) is 2.38. The fourth-order valence-electron chi connectivity index (χ4n) is 2.38. The number of aryl methyl sites for hydroxylation is 1. The number of pyridine rings is 1. The van der Waals surface area contributed by atoms with Crippen molar-refractivity contribution in [3.8, 4) is 0 Å². The van der Waals surface area contributed by atoms with Crippen LogP contribution in [-0.2, 0) is 6.54 Å². The van der Waals surface area contributed by atoms with E-state index in [0.717, 1.165) is 5.56 Å². The van der Waals surface area contributed by atoms with Gasteiger partial charge in [-0.15, -0.1) is 0 Å². The minimum absolute atomic E-state index is 0.184. The van der Waals surface area contributed by atoms with Gasteiger partial charge in [-0.1, -0.05) is 30.3 Å². The number of carbonyl (C=O) groups excluding carboxylic acids is 1. The van der Waals surface area contributed by atoms with Gasteiger partial charge in [0, 0.05) is 38.0 Å². The number of aliphatic hydroxyl groups is 1. The second kappa shape index (κ2) is 7.74. The molecule has 1 aromatic carbocycles. The summed E-state index contributed by atoms with van der Waals surface area (Å²) < 4.78 is 1.54. The first-order chi connectivity index (χ1) is 11.0. The second-order valence-electron chi connectivity index (χ2n) is 5.48. The van der Waals surface area contributed by atoms with Crippen molar-refractivity contribution in [2.45, 2.75) is 26.0 Å². The quantitative estimate of drug-likeness (QED) is 0.888. The first-order valence-electron chi connectivity index (χ1n) is 7.72. The zero-order chi connectivity index (χ0) is 16.8. The number of nitrogens with zero attached hydrogens (tertiary/aromatic N) is 2. The molecule has 2 rings (SSSR count). The second-order valence-corrected chi connectivity index (χ2v) is 5.48. The summed E-state index contributed by atoms with van der Waals surface area (Å²) in [5.41, 5.74) is 1.02. The molecule has 1 N–H and O–H groups in total. The van der Waals surface area contributed by atoms with Gasteiger partial charge < -0.3 is 14.6 Å². The lowest BCUT2D eigenvalue weighted by Gasteiger charge is -2.19. The number of aliphatic hydroxyl groups excluding tert-OH is 1. The zero-order valence-corrected chi connectivity index (χ0v) is 13.5.